The number of hydrogen-bond donors (Lipinski definition) is 4. The van der Waals surface area contributed by atoms with Gasteiger partial charge in [-0.2, -0.15) is 4.98 Å². The quantitative estimate of drug-likeness (QED) is 0.0873. The number of ether oxygens (including phenoxy) is 1. The molecular weight excluding hydrogens is 526 g/mol. The first-order chi connectivity index (χ1) is 20.3. The number of benzene rings is 2. The van der Waals surface area contributed by atoms with Gasteiger partial charge in [-0.05, 0) is 94.0 Å². The van der Waals surface area contributed by atoms with Crippen molar-refractivity contribution in [2.75, 3.05) is 20.2 Å². The number of aromatic amines is 1. The summed E-state index contributed by atoms with van der Waals surface area (Å²) in [7, 11) is 1.67. The SMILES string of the molecule is CCCC(NCCCN=C(C)N)c1ccc(-n2cc3cc(-c4cc(CCCC(C)N)ccc4OC)[nH]c3nc2=O)cc1. The van der Waals surface area contributed by atoms with Gasteiger partial charge in [-0.15, -0.1) is 0 Å². The topological polar surface area (TPSA) is 136 Å². The van der Waals surface area contributed by atoms with Crippen molar-refractivity contribution < 1.29 is 4.74 Å². The average molecular weight is 572 g/mol. The number of aromatic nitrogens is 3. The highest BCUT2D eigenvalue weighted by molar-refractivity contribution is 5.84. The van der Waals surface area contributed by atoms with Crippen molar-refractivity contribution in [3.05, 3.63) is 76.3 Å². The first-order valence-electron chi connectivity index (χ1n) is 14.9. The lowest BCUT2D eigenvalue weighted by Crippen LogP contribution is -2.23. The molecule has 2 heterocycles. The van der Waals surface area contributed by atoms with Gasteiger partial charge in [0.15, 0.2) is 0 Å². The fraction of sp³-hybridized carbons (Fsp3) is 0.424. The van der Waals surface area contributed by atoms with Crippen molar-refractivity contribution in [3.8, 4) is 22.7 Å². The molecule has 4 aromatic rings. The van der Waals surface area contributed by atoms with Gasteiger partial charge in [-0.1, -0.05) is 31.5 Å². The van der Waals surface area contributed by atoms with Crippen LogP contribution in [0.2, 0.25) is 0 Å². The molecule has 2 aromatic heterocycles. The van der Waals surface area contributed by atoms with Crippen molar-refractivity contribution in [1.82, 2.24) is 19.9 Å². The maximum absolute atomic E-state index is 13.1. The maximum atomic E-state index is 13.1. The fourth-order valence-corrected chi connectivity index (χ4v) is 5.23. The number of fused-ring (bicyclic) bond motifs is 1. The predicted octanol–water partition coefficient (Wildman–Crippen LogP) is 5.26. The second kappa shape index (κ2) is 14.8. The molecule has 224 valence electrons. The number of nitrogens with one attached hydrogen (secondary N) is 2. The normalized spacial score (nSPS) is 13.4. The van der Waals surface area contributed by atoms with Crippen LogP contribution in [0.5, 0.6) is 5.75 Å². The van der Waals surface area contributed by atoms with Crippen LogP contribution in [-0.4, -0.2) is 46.6 Å². The Labute approximate surface area is 248 Å². The average Bonchev–Trinajstić information content (AvgIpc) is 3.38. The molecular formula is C33H45N7O2. The summed E-state index contributed by atoms with van der Waals surface area (Å²) < 4.78 is 7.26. The molecule has 4 rings (SSSR count). The zero-order valence-corrected chi connectivity index (χ0v) is 25.3. The molecule has 0 amide bonds. The van der Waals surface area contributed by atoms with E-state index in [1.54, 1.807) is 11.7 Å². The van der Waals surface area contributed by atoms with Crippen LogP contribution in [0.1, 0.15) is 70.0 Å². The Kier molecular flexibility index (Phi) is 10.9. The molecule has 42 heavy (non-hydrogen) atoms. The summed E-state index contributed by atoms with van der Waals surface area (Å²) in [5.74, 6) is 1.38. The highest BCUT2D eigenvalue weighted by Gasteiger charge is 2.14. The van der Waals surface area contributed by atoms with Crippen LogP contribution in [0.4, 0.5) is 0 Å². The third-order valence-corrected chi connectivity index (χ3v) is 7.42. The third kappa shape index (κ3) is 8.08. The summed E-state index contributed by atoms with van der Waals surface area (Å²) in [6.45, 7) is 7.61. The lowest BCUT2D eigenvalue weighted by Gasteiger charge is -2.19. The molecule has 0 spiro atoms. The van der Waals surface area contributed by atoms with Gasteiger partial charge in [0.25, 0.3) is 0 Å². The van der Waals surface area contributed by atoms with Crippen LogP contribution in [-0.2, 0) is 6.42 Å². The maximum Gasteiger partial charge on any atom is 0.354 e. The second-order valence-electron chi connectivity index (χ2n) is 11.0. The Hall–Kier alpha value is -3.95. The van der Waals surface area contributed by atoms with Crippen LogP contribution in [0.25, 0.3) is 28.0 Å². The van der Waals surface area contributed by atoms with E-state index in [-0.39, 0.29) is 17.8 Å². The number of amidine groups is 1. The van der Waals surface area contributed by atoms with Gasteiger partial charge in [0.05, 0.1) is 24.3 Å². The molecule has 0 bridgehead atoms. The number of aryl methyl sites for hydroxylation is 1. The molecule has 2 atom stereocenters. The predicted molar refractivity (Wildman–Crippen MR) is 173 cm³/mol. The minimum absolute atomic E-state index is 0.192. The van der Waals surface area contributed by atoms with Crippen LogP contribution < -0.4 is 27.2 Å². The number of H-pyrrole nitrogens is 1. The van der Waals surface area contributed by atoms with E-state index in [1.807, 2.05) is 44.3 Å². The zero-order chi connectivity index (χ0) is 30.1. The van der Waals surface area contributed by atoms with Gasteiger partial charge in [-0.25, -0.2) is 4.79 Å². The van der Waals surface area contributed by atoms with Gasteiger partial charge in [0.1, 0.15) is 11.4 Å². The Bertz CT molecular complexity index is 1530. The molecule has 6 N–H and O–H groups in total. The minimum Gasteiger partial charge on any atom is -0.496 e. The van der Waals surface area contributed by atoms with Gasteiger partial charge in [-0.3, -0.25) is 9.56 Å². The molecule has 9 nitrogen and oxygen atoms in total. The largest absolute Gasteiger partial charge is 0.496 e. The molecule has 2 aromatic carbocycles. The number of aliphatic imine (C=N–C) groups is 1. The van der Waals surface area contributed by atoms with E-state index in [4.69, 9.17) is 16.2 Å². The fourth-order valence-electron chi connectivity index (χ4n) is 5.23. The Balaban J connectivity index is 1.55. The molecule has 0 fully saturated rings. The summed E-state index contributed by atoms with van der Waals surface area (Å²) in [4.78, 5) is 25.0. The molecule has 0 aliphatic heterocycles. The molecule has 0 aliphatic rings. The summed E-state index contributed by atoms with van der Waals surface area (Å²) in [6, 6.07) is 16.8. The number of hydrogen-bond acceptors (Lipinski definition) is 6. The number of methoxy groups -OCH3 is 1. The summed E-state index contributed by atoms with van der Waals surface area (Å²) in [6.07, 6.45) is 7.80. The van der Waals surface area contributed by atoms with E-state index in [0.29, 0.717) is 11.5 Å². The second-order valence-corrected chi connectivity index (χ2v) is 11.0. The Morgan fingerprint density at radius 2 is 1.93 bits per heavy atom. The van der Waals surface area contributed by atoms with E-state index in [0.717, 1.165) is 79.7 Å². The molecule has 9 heteroatoms. The smallest absolute Gasteiger partial charge is 0.354 e. The van der Waals surface area contributed by atoms with Crippen molar-refractivity contribution in [3.63, 3.8) is 0 Å². The highest BCUT2D eigenvalue weighted by Crippen LogP contribution is 2.32. The number of nitrogens with two attached hydrogens (primary N) is 2. The molecule has 0 saturated carbocycles. The van der Waals surface area contributed by atoms with Gasteiger partial charge >= 0.3 is 5.69 Å². The van der Waals surface area contributed by atoms with Gasteiger partial charge in [0, 0.05) is 35.8 Å². The van der Waals surface area contributed by atoms with E-state index in [1.165, 1.54) is 11.1 Å². The summed E-state index contributed by atoms with van der Waals surface area (Å²) in [5.41, 5.74) is 16.8. The van der Waals surface area contributed by atoms with E-state index in [2.05, 4.69) is 51.5 Å². The van der Waals surface area contributed by atoms with Gasteiger partial charge < -0.3 is 26.5 Å². The number of nitrogens with zero attached hydrogens (tertiary/aromatic N) is 3. The lowest BCUT2D eigenvalue weighted by atomic mass is 10.0. The first kappa shape index (κ1) is 31.0. The standard InChI is InChI=1S/C33H45N7O2/c1-5-8-29(37-18-7-17-36-23(3)35)25-12-14-27(15-13-25)40-21-26-20-30(38-32(26)39-33(40)41)28-19-24(10-6-9-22(2)34)11-16-31(28)42-4/h11-16,19-22,29,37H,5-10,17-18,34H2,1-4H3,(H2,35,36)(H,38,39,41). The monoisotopic (exact) mass is 571 g/mol. The first-order valence-corrected chi connectivity index (χ1v) is 14.9. The molecule has 0 aliphatic carbocycles. The van der Waals surface area contributed by atoms with Crippen LogP contribution in [0.15, 0.2) is 64.5 Å². The van der Waals surface area contributed by atoms with Crippen molar-refractivity contribution >= 4 is 16.9 Å². The lowest BCUT2D eigenvalue weighted by molar-refractivity contribution is 0.416. The summed E-state index contributed by atoms with van der Waals surface area (Å²) >= 11 is 0. The Morgan fingerprint density at radius 1 is 1.14 bits per heavy atom. The zero-order valence-electron chi connectivity index (χ0n) is 25.3. The van der Waals surface area contributed by atoms with E-state index in [9.17, 15) is 4.79 Å². The van der Waals surface area contributed by atoms with Crippen molar-refractivity contribution in [2.45, 2.75) is 71.4 Å². The van der Waals surface area contributed by atoms with E-state index < -0.39 is 0 Å². The number of rotatable bonds is 15. The van der Waals surface area contributed by atoms with Crippen molar-refractivity contribution in [2.24, 2.45) is 16.5 Å². The minimum atomic E-state index is -0.334. The van der Waals surface area contributed by atoms with Crippen LogP contribution in [0.3, 0.4) is 0 Å². The van der Waals surface area contributed by atoms with Gasteiger partial charge in [0.2, 0.25) is 0 Å². The van der Waals surface area contributed by atoms with Crippen LogP contribution >= 0.6 is 0 Å². The summed E-state index contributed by atoms with van der Waals surface area (Å²) in [5, 5.41) is 4.49. The van der Waals surface area contributed by atoms with Crippen molar-refractivity contribution in [1.29, 1.82) is 0 Å². The molecule has 0 radical (unpaired) electrons. The molecule has 0 saturated heterocycles. The van der Waals surface area contributed by atoms with Crippen LogP contribution in [0, 0.1) is 0 Å². The Morgan fingerprint density at radius 3 is 2.62 bits per heavy atom. The third-order valence-electron chi connectivity index (χ3n) is 7.42. The highest BCUT2D eigenvalue weighted by atomic mass is 16.5. The van der Waals surface area contributed by atoms with E-state index >= 15 is 0 Å². The molecule has 2 unspecified atom stereocenters.